The Balaban J connectivity index is 1.75. The first-order chi connectivity index (χ1) is 7.66. The molecule has 2 aliphatic rings. The van der Waals surface area contributed by atoms with Crippen molar-refractivity contribution >= 4 is 5.91 Å². The van der Waals surface area contributed by atoms with Gasteiger partial charge in [-0.2, -0.15) is 0 Å². The summed E-state index contributed by atoms with van der Waals surface area (Å²) in [6, 6.07) is 1.16. The van der Waals surface area contributed by atoms with Crippen molar-refractivity contribution in [2.24, 2.45) is 0 Å². The van der Waals surface area contributed by atoms with E-state index in [-0.39, 0.29) is 5.91 Å². The summed E-state index contributed by atoms with van der Waals surface area (Å²) >= 11 is 0. The van der Waals surface area contributed by atoms with Crippen LogP contribution in [0.3, 0.4) is 0 Å². The monoisotopic (exact) mass is 225 g/mol. The molecule has 1 amide bonds. The van der Waals surface area contributed by atoms with E-state index in [4.69, 9.17) is 0 Å². The first-order valence-electron chi connectivity index (χ1n) is 6.34. The van der Waals surface area contributed by atoms with Gasteiger partial charge in [-0.1, -0.05) is 0 Å². The Bertz CT molecular complexity index is 251. The van der Waals surface area contributed by atoms with Gasteiger partial charge in [0, 0.05) is 25.2 Å². The maximum absolute atomic E-state index is 11.9. The molecular formula is C12H23N3O. The number of nitrogens with zero attached hydrogens (tertiary/aromatic N) is 2. The van der Waals surface area contributed by atoms with Crippen LogP contribution in [-0.4, -0.2) is 61.5 Å². The highest BCUT2D eigenvalue weighted by Crippen LogP contribution is 2.18. The van der Waals surface area contributed by atoms with E-state index in [0.29, 0.717) is 18.6 Å². The summed E-state index contributed by atoms with van der Waals surface area (Å²) in [5.74, 6) is 0.276. The van der Waals surface area contributed by atoms with Crippen molar-refractivity contribution in [1.82, 2.24) is 15.1 Å². The van der Waals surface area contributed by atoms with Gasteiger partial charge in [0.2, 0.25) is 5.91 Å². The zero-order chi connectivity index (χ0) is 11.5. The third kappa shape index (κ3) is 3.19. The number of carbonyl (C=O) groups excluding carboxylic acids is 1. The molecule has 1 aliphatic heterocycles. The van der Waals surface area contributed by atoms with Gasteiger partial charge in [0.05, 0.1) is 6.54 Å². The Morgan fingerprint density at radius 1 is 1.38 bits per heavy atom. The Morgan fingerprint density at radius 3 is 2.75 bits per heavy atom. The van der Waals surface area contributed by atoms with Crippen molar-refractivity contribution in [3.8, 4) is 0 Å². The van der Waals surface area contributed by atoms with Crippen LogP contribution in [0.2, 0.25) is 0 Å². The van der Waals surface area contributed by atoms with Crippen LogP contribution in [0.1, 0.15) is 25.7 Å². The summed E-state index contributed by atoms with van der Waals surface area (Å²) in [5.41, 5.74) is 0. The van der Waals surface area contributed by atoms with Crippen LogP contribution in [0.4, 0.5) is 0 Å². The molecule has 1 aliphatic carbocycles. The minimum absolute atomic E-state index is 0.276. The number of likely N-dealkylation sites (tertiary alicyclic amines) is 1. The van der Waals surface area contributed by atoms with E-state index in [1.165, 1.54) is 19.3 Å². The predicted molar refractivity (Wildman–Crippen MR) is 64.3 cm³/mol. The number of likely N-dealkylation sites (N-methyl/N-ethyl adjacent to an activating group) is 1. The zero-order valence-electron chi connectivity index (χ0n) is 10.4. The SMILES string of the molecule is CN(C)C1CCCN(C(=O)CNC2CC2)C1. The molecule has 0 bridgehead atoms. The normalized spacial score (nSPS) is 26.2. The number of amides is 1. The van der Waals surface area contributed by atoms with Gasteiger partial charge in [-0.05, 0) is 39.8 Å². The van der Waals surface area contributed by atoms with Crippen LogP contribution in [0.25, 0.3) is 0 Å². The lowest BCUT2D eigenvalue weighted by molar-refractivity contribution is -0.132. The van der Waals surface area contributed by atoms with Crippen LogP contribution < -0.4 is 5.32 Å². The Hall–Kier alpha value is -0.610. The third-order valence-corrected chi connectivity index (χ3v) is 3.60. The first kappa shape index (κ1) is 11.9. The molecule has 2 rings (SSSR count). The van der Waals surface area contributed by atoms with Gasteiger partial charge in [-0.15, -0.1) is 0 Å². The number of piperidine rings is 1. The number of hydrogen-bond acceptors (Lipinski definition) is 3. The standard InChI is InChI=1S/C12H23N3O/c1-14(2)11-4-3-7-15(9-11)12(16)8-13-10-5-6-10/h10-11,13H,3-9H2,1-2H3. The van der Waals surface area contributed by atoms with E-state index in [1.54, 1.807) is 0 Å². The van der Waals surface area contributed by atoms with Crippen LogP contribution in [0.5, 0.6) is 0 Å². The van der Waals surface area contributed by atoms with Crippen LogP contribution in [0.15, 0.2) is 0 Å². The maximum atomic E-state index is 11.9. The van der Waals surface area contributed by atoms with Crippen molar-refractivity contribution in [3.63, 3.8) is 0 Å². The van der Waals surface area contributed by atoms with Gasteiger partial charge >= 0.3 is 0 Å². The summed E-state index contributed by atoms with van der Waals surface area (Å²) in [4.78, 5) is 16.2. The predicted octanol–water partition coefficient (Wildman–Crippen LogP) is 0.291. The molecule has 1 saturated heterocycles. The molecule has 2 fully saturated rings. The maximum Gasteiger partial charge on any atom is 0.236 e. The number of rotatable bonds is 4. The summed E-state index contributed by atoms with van der Waals surface area (Å²) in [7, 11) is 4.20. The second kappa shape index (κ2) is 5.15. The topological polar surface area (TPSA) is 35.6 Å². The largest absolute Gasteiger partial charge is 0.340 e. The van der Waals surface area contributed by atoms with Crippen molar-refractivity contribution < 1.29 is 4.79 Å². The molecule has 1 atom stereocenters. The lowest BCUT2D eigenvalue weighted by Crippen LogP contribution is -2.49. The highest BCUT2D eigenvalue weighted by atomic mass is 16.2. The van der Waals surface area contributed by atoms with Crippen molar-refractivity contribution in [2.45, 2.75) is 37.8 Å². The van der Waals surface area contributed by atoms with E-state index in [9.17, 15) is 4.79 Å². The molecule has 92 valence electrons. The number of nitrogens with one attached hydrogen (secondary N) is 1. The molecule has 1 N–H and O–H groups in total. The van der Waals surface area contributed by atoms with Gasteiger partial charge in [-0.3, -0.25) is 4.79 Å². The van der Waals surface area contributed by atoms with E-state index in [0.717, 1.165) is 19.5 Å². The van der Waals surface area contributed by atoms with E-state index < -0.39 is 0 Å². The minimum atomic E-state index is 0.276. The van der Waals surface area contributed by atoms with Gasteiger partial charge in [0.15, 0.2) is 0 Å². The highest BCUT2D eigenvalue weighted by Gasteiger charge is 2.26. The van der Waals surface area contributed by atoms with Gasteiger partial charge in [-0.25, -0.2) is 0 Å². The Kier molecular flexibility index (Phi) is 3.82. The summed E-state index contributed by atoms with van der Waals surface area (Å²) in [5, 5.41) is 3.29. The fraction of sp³-hybridized carbons (Fsp3) is 0.917. The Morgan fingerprint density at radius 2 is 2.12 bits per heavy atom. The third-order valence-electron chi connectivity index (χ3n) is 3.60. The lowest BCUT2D eigenvalue weighted by atomic mass is 10.0. The fourth-order valence-corrected chi connectivity index (χ4v) is 2.23. The molecule has 4 nitrogen and oxygen atoms in total. The van der Waals surface area contributed by atoms with Crippen LogP contribution in [-0.2, 0) is 4.79 Å². The minimum Gasteiger partial charge on any atom is -0.340 e. The Labute approximate surface area is 98.0 Å². The molecular weight excluding hydrogens is 202 g/mol. The van der Waals surface area contributed by atoms with Gasteiger partial charge in [0.25, 0.3) is 0 Å². The van der Waals surface area contributed by atoms with Crippen molar-refractivity contribution in [2.75, 3.05) is 33.7 Å². The molecule has 0 aromatic carbocycles. The van der Waals surface area contributed by atoms with Crippen LogP contribution >= 0.6 is 0 Å². The molecule has 1 saturated carbocycles. The van der Waals surface area contributed by atoms with E-state index in [1.807, 2.05) is 4.90 Å². The lowest BCUT2D eigenvalue weighted by Gasteiger charge is -2.36. The van der Waals surface area contributed by atoms with Gasteiger partial charge in [0.1, 0.15) is 0 Å². The summed E-state index contributed by atoms with van der Waals surface area (Å²) in [6.45, 7) is 2.37. The number of hydrogen-bond donors (Lipinski definition) is 1. The van der Waals surface area contributed by atoms with Crippen molar-refractivity contribution in [1.29, 1.82) is 0 Å². The summed E-state index contributed by atoms with van der Waals surface area (Å²) < 4.78 is 0. The van der Waals surface area contributed by atoms with E-state index >= 15 is 0 Å². The van der Waals surface area contributed by atoms with Gasteiger partial charge < -0.3 is 15.1 Å². The molecule has 0 radical (unpaired) electrons. The second-order valence-corrected chi connectivity index (χ2v) is 5.25. The molecule has 0 aromatic heterocycles. The molecule has 1 unspecified atom stereocenters. The fourth-order valence-electron chi connectivity index (χ4n) is 2.23. The molecule has 16 heavy (non-hydrogen) atoms. The molecule has 0 aromatic rings. The number of carbonyl (C=O) groups is 1. The molecule has 0 spiro atoms. The zero-order valence-corrected chi connectivity index (χ0v) is 10.4. The molecule has 4 heteroatoms. The van der Waals surface area contributed by atoms with Crippen LogP contribution in [0, 0.1) is 0 Å². The second-order valence-electron chi connectivity index (χ2n) is 5.25. The molecule has 1 heterocycles. The van der Waals surface area contributed by atoms with E-state index in [2.05, 4.69) is 24.3 Å². The first-order valence-corrected chi connectivity index (χ1v) is 6.34. The highest BCUT2D eigenvalue weighted by molar-refractivity contribution is 5.78. The smallest absolute Gasteiger partial charge is 0.236 e. The van der Waals surface area contributed by atoms with Crippen molar-refractivity contribution in [3.05, 3.63) is 0 Å². The average Bonchev–Trinajstić information content (AvgIpc) is 3.10. The quantitative estimate of drug-likeness (QED) is 0.747. The summed E-state index contributed by atoms with van der Waals surface area (Å²) in [6.07, 6.45) is 4.84. The average molecular weight is 225 g/mol.